The van der Waals surface area contributed by atoms with Crippen molar-refractivity contribution in [2.45, 2.75) is 55.8 Å². The van der Waals surface area contributed by atoms with Crippen molar-refractivity contribution in [1.82, 2.24) is 15.5 Å². The van der Waals surface area contributed by atoms with Crippen molar-refractivity contribution in [2.24, 2.45) is 0 Å². The van der Waals surface area contributed by atoms with Crippen LogP contribution in [0.25, 0.3) is 0 Å². The van der Waals surface area contributed by atoms with E-state index in [0.29, 0.717) is 18.5 Å². The van der Waals surface area contributed by atoms with Gasteiger partial charge in [0.25, 0.3) is 0 Å². The maximum absolute atomic E-state index is 5.30. The largest absolute Gasteiger partial charge is 0.338 e. The van der Waals surface area contributed by atoms with E-state index in [2.05, 4.69) is 46.6 Å². The molecule has 1 heterocycles. The molecule has 1 aliphatic carbocycles. The van der Waals surface area contributed by atoms with E-state index in [1.54, 1.807) is 11.8 Å². The Hall–Kier alpha value is -1.33. The van der Waals surface area contributed by atoms with E-state index < -0.39 is 0 Å². The first-order valence-corrected chi connectivity index (χ1v) is 8.52. The van der Waals surface area contributed by atoms with Crippen LogP contribution in [0.1, 0.15) is 43.0 Å². The van der Waals surface area contributed by atoms with Crippen LogP contribution in [-0.2, 0) is 12.3 Å². The second kappa shape index (κ2) is 7.09. The SMILES string of the molecule is Cc1ccc(SCc2noc(CNC3CCCC3)n2)cc1. The first-order valence-electron chi connectivity index (χ1n) is 7.54. The Morgan fingerprint density at radius 2 is 2.00 bits per heavy atom. The summed E-state index contributed by atoms with van der Waals surface area (Å²) in [5.41, 5.74) is 1.28. The van der Waals surface area contributed by atoms with Crippen LogP contribution in [0.3, 0.4) is 0 Å². The molecule has 1 saturated carbocycles. The number of nitrogens with zero attached hydrogens (tertiary/aromatic N) is 2. The van der Waals surface area contributed by atoms with Gasteiger partial charge in [-0.25, -0.2) is 0 Å². The minimum atomic E-state index is 0.627. The number of rotatable bonds is 6. The van der Waals surface area contributed by atoms with Gasteiger partial charge in [0.1, 0.15) is 0 Å². The maximum Gasteiger partial charge on any atom is 0.240 e. The third kappa shape index (κ3) is 4.32. The van der Waals surface area contributed by atoms with Crippen molar-refractivity contribution in [1.29, 1.82) is 0 Å². The summed E-state index contributed by atoms with van der Waals surface area (Å²) in [4.78, 5) is 5.68. The Bertz CT molecular complexity index is 561. The van der Waals surface area contributed by atoms with Crippen LogP contribution in [-0.4, -0.2) is 16.2 Å². The molecule has 0 bridgehead atoms. The average molecular weight is 303 g/mol. The third-order valence-electron chi connectivity index (χ3n) is 3.80. The Kier molecular flexibility index (Phi) is 4.93. The average Bonchev–Trinajstić information content (AvgIpc) is 3.16. The lowest BCUT2D eigenvalue weighted by Gasteiger charge is -2.08. The summed E-state index contributed by atoms with van der Waals surface area (Å²) in [7, 11) is 0. The van der Waals surface area contributed by atoms with Gasteiger partial charge < -0.3 is 9.84 Å². The molecule has 112 valence electrons. The summed E-state index contributed by atoms with van der Waals surface area (Å²) in [5.74, 6) is 2.21. The van der Waals surface area contributed by atoms with Crippen LogP contribution in [0.4, 0.5) is 0 Å². The fourth-order valence-electron chi connectivity index (χ4n) is 2.56. The van der Waals surface area contributed by atoms with E-state index >= 15 is 0 Å². The summed E-state index contributed by atoms with van der Waals surface area (Å²) in [5, 5.41) is 7.54. The van der Waals surface area contributed by atoms with E-state index in [9.17, 15) is 0 Å². The lowest BCUT2D eigenvalue weighted by atomic mass is 10.2. The highest BCUT2D eigenvalue weighted by molar-refractivity contribution is 7.98. The number of benzene rings is 1. The molecule has 3 rings (SSSR count). The number of aryl methyl sites for hydroxylation is 1. The minimum absolute atomic E-state index is 0.627. The quantitative estimate of drug-likeness (QED) is 0.825. The summed E-state index contributed by atoms with van der Waals surface area (Å²) < 4.78 is 5.30. The van der Waals surface area contributed by atoms with E-state index in [-0.39, 0.29) is 0 Å². The zero-order valence-corrected chi connectivity index (χ0v) is 13.2. The Morgan fingerprint density at radius 3 is 2.76 bits per heavy atom. The van der Waals surface area contributed by atoms with Gasteiger partial charge >= 0.3 is 0 Å². The summed E-state index contributed by atoms with van der Waals surface area (Å²) in [6.07, 6.45) is 5.20. The fourth-order valence-corrected chi connectivity index (χ4v) is 3.31. The summed E-state index contributed by atoms with van der Waals surface area (Å²) >= 11 is 1.73. The van der Waals surface area contributed by atoms with Crippen molar-refractivity contribution in [3.05, 3.63) is 41.5 Å². The predicted octanol–water partition coefficient (Wildman–Crippen LogP) is 3.70. The Labute approximate surface area is 129 Å². The molecule has 1 aromatic heterocycles. The number of aromatic nitrogens is 2. The first kappa shape index (κ1) is 14.6. The Morgan fingerprint density at radius 1 is 1.24 bits per heavy atom. The smallest absolute Gasteiger partial charge is 0.240 e. The molecule has 0 aliphatic heterocycles. The van der Waals surface area contributed by atoms with Gasteiger partial charge in [0, 0.05) is 10.9 Å². The van der Waals surface area contributed by atoms with Crippen molar-refractivity contribution in [3.63, 3.8) is 0 Å². The van der Waals surface area contributed by atoms with E-state index in [4.69, 9.17) is 4.52 Å². The molecule has 1 fully saturated rings. The summed E-state index contributed by atoms with van der Waals surface area (Å²) in [6, 6.07) is 9.12. The highest BCUT2D eigenvalue weighted by Crippen LogP contribution is 2.22. The standard InChI is InChI=1S/C16H21N3OS/c1-12-6-8-14(9-7-12)21-11-15-18-16(20-19-15)10-17-13-4-2-3-5-13/h6-9,13,17H,2-5,10-11H2,1H3. The van der Waals surface area contributed by atoms with E-state index in [0.717, 1.165) is 11.6 Å². The van der Waals surface area contributed by atoms with Crippen LogP contribution in [0, 0.1) is 6.92 Å². The van der Waals surface area contributed by atoms with Crippen LogP contribution >= 0.6 is 11.8 Å². The molecule has 21 heavy (non-hydrogen) atoms. The van der Waals surface area contributed by atoms with Crippen LogP contribution in [0.5, 0.6) is 0 Å². The molecule has 0 saturated heterocycles. The highest BCUT2D eigenvalue weighted by Gasteiger charge is 2.15. The van der Waals surface area contributed by atoms with Gasteiger partial charge in [-0.15, -0.1) is 11.8 Å². The molecule has 1 N–H and O–H groups in total. The van der Waals surface area contributed by atoms with E-state index in [1.165, 1.54) is 36.1 Å². The van der Waals surface area contributed by atoms with Gasteiger partial charge in [-0.1, -0.05) is 35.7 Å². The van der Waals surface area contributed by atoms with Gasteiger partial charge in [-0.2, -0.15) is 4.98 Å². The molecule has 1 aromatic carbocycles. The van der Waals surface area contributed by atoms with Gasteiger partial charge in [0.05, 0.1) is 12.3 Å². The Balaban J connectivity index is 1.46. The molecule has 4 nitrogen and oxygen atoms in total. The number of thioether (sulfide) groups is 1. The number of nitrogens with one attached hydrogen (secondary N) is 1. The molecular weight excluding hydrogens is 282 g/mol. The molecule has 2 aromatic rings. The van der Waals surface area contributed by atoms with Crippen molar-refractivity contribution >= 4 is 11.8 Å². The van der Waals surface area contributed by atoms with Crippen LogP contribution in [0.2, 0.25) is 0 Å². The summed E-state index contributed by atoms with van der Waals surface area (Å²) in [6.45, 7) is 2.78. The van der Waals surface area contributed by atoms with Gasteiger partial charge in [-0.05, 0) is 31.9 Å². The molecule has 0 unspecified atom stereocenters. The molecule has 0 spiro atoms. The molecule has 1 aliphatic rings. The minimum Gasteiger partial charge on any atom is -0.338 e. The molecular formula is C16H21N3OS. The van der Waals surface area contributed by atoms with Crippen molar-refractivity contribution in [3.8, 4) is 0 Å². The molecule has 0 atom stereocenters. The second-order valence-electron chi connectivity index (χ2n) is 5.57. The lowest BCUT2D eigenvalue weighted by molar-refractivity contribution is 0.354. The van der Waals surface area contributed by atoms with Crippen molar-refractivity contribution in [2.75, 3.05) is 0 Å². The highest BCUT2D eigenvalue weighted by atomic mass is 32.2. The van der Waals surface area contributed by atoms with Crippen molar-refractivity contribution < 1.29 is 4.52 Å². The molecule has 5 heteroatoms. The number of hydrogen-bond acceptors (Lipinski definition) is 5. The van der Waals surface area contributed by atoms with E-state index in [1.807, 2.05) is 0 Å². The first-order chi connectivity index (χ1) is 10.3. The van der Waals surface area contributed by atoms with Gasteiger partial charge in [-0.3, -0.25) is 0 Å². The zero-order valence-electron chi connectivity index (χ0n) is 12.3. The van der Waals surface area contributed by atoms with Crippen LogP contribution in [0.15, 0.2) is 33.7 Å². The number of hydrogen-bond donors (Lipinski definition) is 1. The maximum atomic E-state index is 5.30. The normalized spacial score (nSPS) is 15.7. The zero-order chi connectivity index (χ0) is 14.5. The molecule has 0 radical (unpaired) electrons. The predicted molar refractivity (Wildman–Crippen MR) is 84.1 cm³/mol. The lowest BCUT2D eigenvalue weighted by Crippen LogP contribution is -2.25. The topological polar surface area (TPSA) is 51.0 Å². The fraction of sp³-hybridized carbons (Fsp3) is 0.500. The second-order valence-corrected chi connectivity index (χ2v) is 6.62. The third-order valence-corrected chi connectivity index (χ3v) is 4.80. The van der Waals surface area contributed by atoms with Crippen LogP contribution < -0.4 is 5.32 Å². The molecule has 0 amide bonds. The monoisotopic (exact) mass is 303 g/mol. The van der Waals surface area contributed by atoms with Gasteiger partial charge in [0.2, 0.25) is 5.89 Å². The van der Waals surface area contributed by atoms with Gasteiger partial charge in [0.15, 0.2) is 5.82 Å².